The Balaban J connectivity index is 1.35. The first-order valence-corrected chi connectivity index (χ1v) is 9.19. The number of alkyl halides is 2. The van der Waals surface area contributed by atoms with Gasteiger partial charge in [0.2, 0.25) is 6.79 Å². The summed E-state index contributed by atoms with van der Waals surface area (Å²) in [5.41, 5.74) is 1.68. The van der Waals surface area contributed by atoms with Crippen molar-refractivity contribution in [2.75, 3.05) is 20.4 Å². The second kappa shape index (κ2) is 8.42. The lowest BCUT2D eigenvalue weighted by Gasteiger charge is -2.17. The zero-order valence-corrected chi connectivity index (χ0v) is 15.8. The molecular formula is C20H21F2N3O4. The monoisotopic (exact) mass is 405 g/mol. The van der Waals surface area contributed by atoms with E-state index in [0.29, 0.717) is 29.6 Å². The first-order valence-electron chi connectivity index (χ1n) is 9.19. The van der Waals surface area contributed by atoms with Gasteiger partial charge in [-0.2, -0.15) is 8.78 Å². The van der Waals surface area contributed by atoms with E-state index >= 15 is 0 Å². The van der Waals surface area contributed by atoms with Gasteiger partial charge in [0, 0.05) is 31.6 Å². The van der Waals surface area contributed by atoms with Gasteiger partial charge >= 0.3 is 6.61 Å². The molecule has 9 heteroatoms. The fourth-order valence-corrected chi connectivity index (χ4v) is 3.29. The Bertz CT molecular complexity index is 882. The third-order valence-corrected chi connectivity index (χ3v) is 4.65. The lowest BCUT2D eigenvalue weighted by molar-refractivity contribution is -0.0505. The van der Waals surface area contributed by atoms with E-state index in [1.807, 2.05) is 24.3 Å². The van der Waals surface area contributed by atoms with Crippen molar-refractivity contribution in [3.05, 3.63) is 47.5 Å². The topological polar surface area (TPSA) is 73.3 Å². The van der Waals surface area contributed by atoms with Crippen LogP contribution in [-0.4, -0.2) is 39.1 Å². The first kappa shape index (κ1) is 19.1. The van der Waals surface area contributed by atoms with Crippen LogP contribution in [-0.2, 0) is 13.0 Å². The maximum Gasteiger partial charge on any atom is 0.387 e. The molecular weight excluding hydrogens is 384 g/mol. The molecule has 154 valence electrons. The second-order valence-corrected chi connectivity index (χ2v) is 6.55. The molecule has 0 bridgehead atoms. The quantitative estimate of drug-likeness (QED) is 0.569. The van der Waals surface area contributed by atoms with Crippen molar-refractivity contribution in [1.82, 2.24) is 10.6 Å². The average Bonchev–Trinajstić information content (AvgIpc) is 3.33. The summed E-state index contributed by atoms with van der Waals surface area (Å²) in [5, 5.41) is 6.30. The molecule has 29 heavy (non-hydrogen) atoms. The number of hydrogen-bond donors (Lipinski definition) is 2. The smallest absolute Gasteiger partial charge is 0.387 e. The highest BCUT2D eigenvalue weighted by atomic mass is 19.3. The minimum atomic E-state index is -2.94. The molecule has 2 N–H and O–H groups in total. The Morgan fingerprint density at radius 2 is 1.97 bits per heavy atom. The van der Waals surface area contributed by atoms with Gasteiger partial charge in [-0.15, -0.1) is 0 Å². The molecule has 4 rings (SSSR count). The van der Waals surface area contributed by atoms with Gasteiger partial charge in [0.25, 0.3) is 0 Å². The summed E-state index contributed by atoms with van der Waals surface area (Å²) in [6, 6.07) is 11.0. The number of aliphatic imine (C=N–C) groups is 1. The van der Waals surface area contributed by atoms with Crippen molar-refractivity contribution in [3.63, 3.8) is 0 Å². The fourth-order valence-electron chi connectivity index (χ4n) is 3.29. The molecule has 0 aliphatic carbocycles. The molecule has 1 atom stereocenters. The molecule has 0 radical (unpaired) electrons. The minimum Gasteiger partial charge on any atom is -0.488 e. The van der Waals surface area contributed by atoms with E-state index in [-0.39, 0.29) is 25.2 Å². The maximum atomic E-state index is 12.8. The molecule has 2 aromatic carbocycles. The van der Waals surface area contributed by atoms with Crippen LogP contribution in [0.15, 0.2) is 41.4 Å². The van der Waals surface area contributed by atoms with Crippen LogP contribution in [0.2, 0.25) is 0 Å². The van der Waals surface area contributed by atoms with Crippen LogP contribution in [0.3, 0.4) is 0 Å². The van der Waals surface area contributed by atoms with E-state index in [1.54, 1.807) is 13.1 Å². The number of guanidine groups is 1. The molecule has 7 nitrogen and oxygen atoms in total. The van der Waals surface area contributed by atoms with Crippen molar-refractivity contribution in [2.45, 2.75) is 25.7 Å². The van der Waals surface area contributed by atoms with Gasteiger partial charge in [-0.25, -0.2) is 0 Å². The number of nitrogens with zero attached hydrogens (tertiary/aromatic N) is 1. The average molecular weight is 405 g/mol. The zero-order chi connectivity index (χ0) is 20.2. The molecule has 1 unspecified atom stereocenters. The van der Waals surface area contributed by atoms with E-state index in [4.69, 9.17) is 14.2 Å². The Kier molecular flexibility index (Phi) is 5.55. The Morgan fingerprint density at radius 1 is 1.17 bits per heavy atom. The van der Waals surface area contributed by atoms with Crippen LogP contribution in [0, 0.1) is 0 Å². The van der Waals surface area contributed by atoms with E-state index in [2.05, 4.69) is 20.4 Å². The van der Waals surface area contributed by atoms with Crippen LogP contribution < -0.4 is 29.6 Å². The zero-order valence-electron chi connectivity index (χ0n) is 15.8. The molecule has 0 spiro atoms. The number of ether oxygens (including phenoxy) is 4. The Morgan fingerprint density at radius 3 is 2.72 bits per heavy atom. The maximum absolute atomic E-state index is 12.8. The molecule has 0 aromatic heterocycles. The third-order valence-electron chi connectivity index (χ3n) is 4.65. The van der Waals surface area contributed by atoms with E-state index < -0.39 is 6.61 Å². The summed E-state index contributed by atoms with van der Waals surface area (Å²) in [5.74, 6) is 2.32. The number of para-hydroxylation sites is 1. The fraction of sp³-hybridized carbons (Fsp3) is 0.350. The van der Waals surface area contributed by atoms with Gasteiger partial charge in [-0.1, -0.05) is 18.2 Å². The largest absolute Gasteiger partial charge is 0.488 e. The normalized spacial score (nSPS) is 17.1. The minimum absolute atomic E-state index is 0.00535. The predicted octanol–water partition coefficient (Wildman–Crippen LogP) is 2.69. The van der Waals surface area contributed by atoms with E-state index in [1.165, 1.54) is 11.6 Å². The molecule has 0 saturated heterocycles. The number of rotatable bonds is 6. The van der Waals surface area contributed by atoms with Crippen molar-refractivity contribution in [1.29, 1.82) is 0 Å². The van der Waals surface area contributed by atoms with Crippen molar-refractivity contribution in [2.24, 2.45) is 4.99 Å². The number of halogens is 2. The number of fused-ring (bicyclic) bond motifs is 2. The molecule has 2 heterocycles. The highest BCUT2D eigenvalue weighted by Crippen LogP contribution is 2.38. The lowest BCUT2D eigenvalue weighted by atomic mass is 10.1. The van der Waals surface area contributed by atoms with Crippen LogP contribution in [0.25, 0.3) is 0 Å². The van der Waals surface area contributed by atoms with Crippen LogP contribution in [0.5, 0.6) is 23.0 Å². The number of hydrogen-bond acceptors (Lipinski definition) is 5. The van der Waals surface area contributed by atoms with Crippen LogP contribution in [0.4, 0.5) is 8.78 Å². The summed E-state index contributed by atoms with van der Waals surface area (Å²) >= 11 is 0. The van der Waals surface area contributed by atoms with Gasteiger partial charge < -0.3 is 29.6 Å². The van der Waals surface area contributed by atoms with Crippen LogP contribution in [0.1, 0.15) is 11.1 Å². The van der Waals surface area contributed by atoms with Gasteiger partial charge in [0.15, 0.2) is 17.5 Å². The summed E-state index contributed by atoms with van der Waals surface area (Å²) in [4.78, 5) is 4.17. The highest BCUT2D eigenvalue weighted by Gasteiger charge is 2.23. The highest BCUT2D eigenvalue weighted by molar-refractivity contribution is 5.79. The number of benzene rings is 2. The van der Waals surface area contributed by atoms with Crippen molar-refractivity contribution < 1.29 is 27.7 Å². The summed E-state index contributed by atoms with van der Waals surface area (Å²) in [6.45, 7) is -2.12. The summed E-state index contributed by atoms with van der Waals surface area (Å²) in [6.07, 6.45) is 0.809. The number of nitrogens with one attached hydrogen (secondary N) is 2. The van der Waals surface area contributed by atoms with Crippen molar-refractivity contribution in [3.8, 4) is 23.0 Å². The molecule has 2 aliphatic heterocycles. The SMILES string of the molecule is CN=C(NCc1cc2c(cc1OC(F)F)OCO2)NCC1Cc2ccccc2O1. The van der Waals surface area contributed by atoms with Gasteiger partial charge in [0.05, 0.1) is 6.54 Å². The van der Waals surface area contributed by atoms with Crippen molar-refractivity contribution >= 4 is 5.96 Å². The predicted molar refractivity (Wildman–Crippen MR) is 102 cm³/mol. The summed E-state index contributed by atoms with van der Waals surface area (Å²) in [7, 11) is 1.63. The molecule has 0 fully saturated rings. The van der Waals surface area contributed by atoms with Gasteiger partial charge in [-0.05, 0) is 17.7 Å². The van der Waals surface area contributed by atoms with E-state index in [0.717, 1.165) is 12.2 Å². The Hall–Kier alpha value is -3.23. The molecule has 0 amide bonds. The van der Waals surface area contributed by atoms with Gasteiger partial charge in [-0.3, -0.25) is 4.99 Å². The summed E-state index contributed by atoms with van der Waals surface area (Å²) < 4.78 is 46.6. The van der Waals surface area contributed by atoms with E-state index in [9.17, 15) is 8.78 Å². The Labute approximate surface area is 166 Å². The standard InChI is InChI=1S/C20H21F2N3O4/c1-23-20(25-10-14-6-12-4-2-3-5-15(12)28-14)24-9-13-7-17-18(27-11-26-17)8-16(13)29-19(21)22/h2-5,7-8,14,19H,6,9-11H2,1H3,(H2,23,24,25). The molecule has 2 aromatic rings. The molecule has 0 saturated carbocycles. The van der Waals surface area contributed by atoms with Crippen LogP contribution >= 0.6 is 0 Å². The van der Waals surface area contributed by atoms with Gasteiger partial charge in [0.1, 0.15) is 17.6 Å². The third kappa shape index (κ3) is 4.44. The second-order valence-electron chi connectivity index (χ2n) is 6.55. The first-order chi connectivity index (χ1) is 14.1. The molecule has 2 aliphatic rings. The lowest BCUT2D eigenvalue weighted by Crippen LogP contribution is -2.42.